The van der Waals surface area contributed by atoms with E-state index in [4.69, 9.17) is 5.26 Å². The molecule has 0 aliphatic heterocycles. The van der Waals surface area contributed by atoms with Gasteiger partial charge >= 0.3 is 5.69 Å². The molecular weight excluding hydrogens is 294 g/mol. The number of amides is 1. The highest BCUT2D eigenvalue weighted by atomic mass is 16.2. The third-order valence-corrected chi connectivity index (χ3v) is 3.13. The molecule has 0 fully saturated rings. The predicted molar refractivity (Wildman–Crippen MR) is 83.3 cm³/mol. The Morgan fingerprint density at radius 1 is 1.13 bits per heavy atom. The normalized spacial score (nSPS) is 10.0. The summed E-state index contributed by atoms with van der Waals surface area (Å²) in [6.45, 7) is 0. The number of nitriles is 1. The Morgan fingerprint density at radius 3 is 2.57 bits per heavy atom. The summed E-state index contributed by atoms with van der Waals surface area (Å²) in [5.41, 5.74) is 0.709. The first-order valence-electron chi connectivity index (χ1n) is 6.74. The monoisotopic (exact) mass is 305 g/mol. The number of benzene rings is 2. The minimum atomic E-state index is -0.598. The van der Waals surface area contributed by atoms with Crippen molar-refractivity contribution >= 4 is 11.6 Å². The van der Waals surface area contributed by atoms with E-state index in [1.165, 1.54) is 0 Å². The number of aromatic amines is 1. The SMILES string of the molecule is N#Cc1ccccc1NC(=O)c1nn(-c2ccccc2)c(=O)[nH]1. The van der Waals surface area contributed by atoms with Crippen molar-refractivity contribution < 1.29 is 4.79 Å². The maximum Gasteiger partial charge on any atom is 0.348 e. The van der Waals surface area contributed by atoms with Crippen LogP contribution in [0.3, 0.4) is 0 Å². The van der Waals surface area contributed by atoms with E-state index in [2.05, 4.69) is 15.4 Å². The van der Waals surface area contributed by atoms with Gasteiger partial charge in [-0.1, -0.05) is 30.3 Å². The topological polar surface area (TPSA) is 104 Å². The highest BCUT2D eigenvalue weighted by Gasteiger charge is 2.15. The van der Waals surface area contributed by atoms with E-state index in [0.717, 1.165) is 4.68 Å². The van der Waals surface area contributed by atoms with Crippen LogP contribution < -0.4 is 11.0 Å². The lowest BCUT2D eigenvalue weighted by molar-refractivity contribution is 0.101. The van der Waals surface area contributed by atoms with E-state index < -0.39 is 11.6 Å². The largest absolute Gasteiger partial charge is 0.348 e. The third kappa shape index (κ3) is 2.87. The summed E-state index contributed by atoms with van der Waals surface area (Å²) in [5.74, 6) is -0.730. The summed E-state index contributed by atoms with van der Waals surface area (Å²) in [6, 6.07) is 17.3. The molecule has 0 spiro atoms. The summed E-state index contributed by atoms with van der Waals surface area (Å²) >= 11 is 0. The molecule has 23 heavy (non-hydrogen) atoms. The Bertz CT molecular complexity index is 950. The Balaban J connectivity index is 1.90. The summed E-state index contributed by atoms with van der Waals surface area (Å²) in [5, 5.41) is 15.6. The molecule has 3 rings (SSSR count). The van der Waals surface area contributed by atoms with Crippen LogP contribution in [0.5, 0.6) is 0 Å². The fourth-order valence-corrected chi connectivity index (χ4v) is 2.04. The van der Waals surface area contributed by atoms with Crippen LogP contribution in [0, 0.1) is 11.3 Å². The summed E-state index contributed by atoms with van der Waals surface area (Å²) in [7, 11) is 0. The molecule has 2 N–H and O–H groups in total. The average molecular weight is 305 g/mol. The maximum absolute atomic E-state index is 12.2. The number of carbonyl (C=O) groups is 1. The number of hydrogen-bond donors (Lipinski definition) is 2. The van der Waals surface area contributed by atoms with Crippen LogP contribution in [0.4, 0.5) is 5.69 Å². The van der Waals surface area contributed by atoms with Gasteiger partial charge in [0.2, 0.25) is 5.82 Å². The van der Waals surface area contributed by atoms with Gasteiger partial charge in [0.05, 0.1) is 16.9 Å². The Hall–Kier alpha value is -3.66. The number of hydrogen-bond acceptors (Lipinski definition) is 4. The van der Waals surface area contributed by atoms with Gasteiger partial charge in [-0.3, -0.25) is 9.78 Å². The van der Waals surface area contributed by atoms with Gasteiger partial charge in [0, 0.05) is 0 Å². The lowest BCUT2D eigenvalue weighted by atomic mass is 10.2. The molecule has 7 heteroatoms. The molecule has 0 saturated carbocycles. The van der Waals surface area contributed by atoms with E-state index in [1.54, 1.807) is 48.5 Å². The van der Waals surface area contributed by atoms with E-state index in [9.17, 15) is 9.59 Å². The standard InChI is InChI=1S/C16H11N5O2/c17-10-11-6-4-5-9-13(11)18-15(22)14-19-16(23)21(20-14)12-7-2-1-3-8-12/h1-9H,(H,18,22)(H,19,20,23). The summed E-state index contributed by atoms with van der Waals surface area (Å²) < 4.78 is 1.10. The molecule has 2 aromatic carbocycles. The second-order valence-corrected chi connectivity index (χ2v) is 4.64. The Morgan fingerprint density at radius 2 is 1.83 bits per heavy atom. The van der Waals surface area contributed by atoms with Crippen molar-refractivity contribution in [3.8, 4) is 11.8 Å². The lowest BCUT2D eigenvalue weighted by Gasteiger charge is -2.04. The number of para-hydroxylation sites is 2. The Kier molecular flexibility index (Phi) is 3.72. The van der Waals surface area contributed by atoms with Crippen LogP contribution in [0.1, 0.15) is 16.2 Å². The number of nitrogens with zero attached hydrogens (tertiary/aromatic N) is 3. The first kappa shape index (κ1) is 14.3. The molecular formula is C16H11N5O2. The van der Waals surface area contributed by atoms with Gasteiger partial charge in [-0.05, 0) is 24.3 Å². The maximum atomic E-state index is 12.2. The molecule has 0 aliphatic carbocycles. The van der Waals surface area contributed by atoms with Crippen molar-refractivity contribution in [3.63, 3.8) is 0 Å². The molecule has 0 radical (unpaired) electrons. The van der Waals surface area contributed by atoms with Gasteiger partial charge in [0.25, 0.3) is 5.91 Å². The number of rotatable bonds is 3. The summed E-state index contributed by atoms with van der Waals surface area (Å²) in [4.78, 5) is 26.5. The minimum Gasteiger partial charge on any atom is -0.318 e. The van der Waals surface area contributed by atoms with Gasteiger partial charge < -0.3 is 5.32 Å². The predicted octanol–water partition coefficient (Wildman–Crippen LogP) is 1.68. The van der Waals surface area contributed by atoms with Crippen LogP contribution in [0.15, 0.2) is 59.4 Å². The van der Waals surface area contributed by atoms with Crippen molar-refractivity contribution in [2.24, 2.45) is 0 Å². The second-order valence-electron chi connectivity index (χ2n) is 4.64. The molecule has 0 atom stereocenters. The number of anilines is 1. The second kappa shape index (κ2) is 5.99. The average Bonchev–Trinajstić information content (AvgIpc) is 2.98. The van der Waals surface area contributed by atoms with Crippen LogP contribution >= 0.6 is 0 Å². The van der Waals surface area contributed by atoms with Crippen molar-refractivity contribution in [2.75, 3.05) is 5.32 Å². The van der Waals surface area contributed by atoms with Gasteiger partial charge in [0.1, 0.15) is 6.07 Å². The van der Waals surface area contributed by atoms with E-state index in [1.807, 2.05) is 12.1 Å². The van der Waals surface area contributed by atoms with Crippen molar-refractivity contribution in [2.45, 2.75) is 0 Å². The van der Waals surface area contributed by atoms with Gasteiger partial charge in [-0.2, -0.15) is 9.94 Å². The molecule has 7 nitrogen and oxygen atoms in total. The highest BCUT2D eigenvalue weighted by molar-refractivity contribution is 6.02. The molecule has 1 amide bonds. The molecule has 0 saturated heterocycles. The molecule has 0 unspecified atom stereocenters. The van der Waals surface area contributed by atoms with Gasteiger partial charge in [-0.15, -0.1) is 5.10 Å². The fraction of sp³-hybridized carbons (Fsp3) is 0. The quantitative estimate of drug-likeness (QED) is 0.768. The first-order valence-corrected chi connectivity index (χ1v) is 6.74. The molecule has 1 heterocycles. The van der Waals surface area contributed by atoms with Gasteiger partial charge in [-0.25, -0.2) is 4.79 Å². The van der Waals surface area contributed by atoms with Crippen molar-refractivity contribution in [1.29, 1.82) is 5.26 Å². The van der Waals surface area contributed by atoms with Gasteiger partial charge in [0.15, 0.2) is 0 Å². The number of nitrogens with one attached hydrogen (secondary N) is 2. The van der Waals surface area contributed by atoms with Crippen molar-refractivity contribution in [3.05, 3.63) is 76.5 Å². The highest BCUT2D eigenvalue weighted by Crippen LogP contribution is 2.14. The van der Waals surface area contributed by atoms with Crippen LogP contribution in [-0.4, -0.2) is 20.7 Å². The van der Waals surface area contributed by atoms with Crippen LogP contribution in [0.25, 0.3) is 5.69 Å². The molecule has 112 valence electrons. The van der Waals surface area contributed by atoms with Crippen LogP contribution in [0.2, 0.25) is 0 Å². The Labute approximate surface area is 130 Å². The fourth-order valence-electron chi connectivity index (χ4n) is 2.04. The van der Waals surface area contributed by atoms with E-state index >= 15 is 0 Å². The van der Waals surface area contributed by atoms with E-state index in [0.29, 0.717) is 16.9 Å². The zero-order valence-electron chi connectivity index (χ0n) is 11.9. The van der Waals surface area contributed by atoms with E-state index in [-0.39, 0.29) is 5.82 Å². The van der Waals surface area contributed by atoms with Crippen molar-refractivity contribution in [1.82, 2.24) is 14.8 Å². The number of carbonyl (C=O) groups excluding carboxylic acids is 1. The minimum absolute atomic E-state index is 0.133. The number of aromatic nitrogens is 3. The molecule has 0 aliphatic rings. The first-order chi connectivity index (χ1) is 11.2. The molecule has 0 bridgehead atoms. The third-order valence-electron chi connectivity index (χ3n) is 3.13. The zero-order valence-corrected chi connectivity index (χ0v) is 11.9. The molecule has 1 aromatic heterocycles. The smallest absolute Gasteiger partial charge is 0.318 e. The summed E-state index contributed by atoms with van der Waals surface area (Å²) in [6.07, 6.45) is 0. The lowest BCUT2D eigenvalue weighted by Crippen LogP contribution is -2.16. The van der Waals surface area contributed by atoms with Crippen LogP contribution in [-0.2, 0) is 0 Å². The molecule has 3 aromatic rings. The number of H-pyrrole nitrogens is 1. The zero-order chi connectivity index (χ0) is 16.2.